The van der Waals surface area contributed by atoms with E-state index < -0.39 is 17.4 Å². The number of aliphatic imine (C=N–C) groups is 1. The Hall–Kier alpha value is -1.76. The highest BCUT2D eigenvalue weighted by Crippen LogP contribution is 1.88. The summed E-state index contributed by atoms with van der Waals surface area (Å²) in [4.78, 5) is 22.6. The topological polar surface area (TPSA) is 119 Å². The zero-order chi connectivity index (χ0) is 10.3. The number of rotatable bonds is 5. The molecule has 0 saturated carbocycles. The number of aliphatic hydroxyl groups is 1. The van der Waals surface area contributed by atoms with Crippen LogP contribution in [0.15, 0.2) is 16.9 Å². The number of aldehydes is 1. The Morgan fingerprint density at radius 3 is 2.69 bits per heavy atom. The normalized spacial score (nSPS) is 12.7. The smallest absolute Gasteiger partial charge is 0.315 e. The van der Waals surface area contributed by atoms with Crippen LogP contribution in [0.2, 0.25) is 0 Å². The molecule has 72 valence electrons. The highest BCUT2D eigenvalue weighted by atomic mass is 16.6. The third-order valence-corrected chi connectivity index (χ3v) is 1.06. The lowest BCUT2D eigenvalue weighted by Gasteiger charge is -1.95. The van der Waals surface area contributed by atoms with Gasteiger partial charge >= 0.3 is 5.82 Å². The monoisotopic (exact) mass is 187 g/mol. The molecule has 3 N–H and O–H groups in total. The molecule has 0 aromatic rings. The van der Waals surface area contributed by atoms with E-state index in [1.165, 1.54) is 0 Å². The maximum absolute atomic E-state index is 10.0. The van der Waals surface area contributed by atoms with Crippen LogP contribution in [0, 0.1) is 10.1 Å². The first-order valence-corrected chi connectivity index (χ1v) is 3.31. The minimum Gasteiger partial charge on any atom is -0.390 e. The number of nitrogens with two attached hydrogens (primary N) is 1. The molecular weight excluding hydrogens is 178 g/mol. The molecule has 0 radical (unpaired) electrons. The molecule has 0 unspecified atom stereocenters. The molecule has 0 rings (SSSR count). The summed E-state index contributed by atoms with van der Waals surface area (Å²) >= 11 is 0. The van der Waals surface area contributed by atoms with E-state index in [-0.39, 0.29) is 12.3 Å². The van der Waals surface area contributed by atoms with E-state index in [4.69, 9.17) is 10.8 Å². The summed E-state index contributed by atoms with van der Waals surface area (Å²) < 4.78 is 0. The van der Waals surface area contributed by atoms with Gasteiger partial charge in [-0.1, -0.05) is 0 Å². The van der Waals surface area contributed by atoms with Gasteiger partial charge in [0.05, 0.1) is 24.9 Å². The van der Waals surface area contributed by atoms with Gasteiger partial charge in [-0.05, 0) is 4.92 Å². The fourth-order valence-corrected chi connectivity index (χ4v) is 0.519. The summed E-state index contributed by atoms with van der Waals surface area (Å²) in [5.74, 6) is -0.626. The minimum absolute atomic E-state index is 0.00120. The van der Waals surface area contributed by atoms with Gasteiger partial charge in [0.15, 0.2) is 0 Å². The van der Waals surface area contributed by atoms with Gasteiger partial charge in [-0.3, -0.25) is 10.7 Å². The predicted octanol–water partition coefficient (Wildman–Crippen LogP) is -1.30. The highest BCUT2D eigenvalue weighted by Gasteiger charge is 2.02. The SMILES string of the molecule is NC(=CC(CO)=NCC=O)[N+](=O)[O-]. The van der Waals surface area contributed by atoms with Gasteiger partial charge in [0.25, 0.3) is 0 Å². The summed E-state index contributed by atoms with van der Waals surface area (Å²) in [5.41, 5.74) is 4.95. The minimum atomic E-state index is -0.813. The van der Waals surface area contributed by atoms with Crippen LogP contribution in [0.3, 0.4) is 0 Å². The second kappa shape index (κ2) is 5.84. The summed E-state index contributed by atoms with van der Waals surface area (Å²) in [6, 6.07) is 0. The van der Waals surface area contributed by atoms with E-state index in [0.29, 0.717) is 6.29 Å². The number of nitrogens with zero attached hydrogens (tertiary/aromatic N) is 2. The van der Waals surface area contributed by atoms with Crippen LogP contribution in [0.5, 0.6) is 0 Å². The largest absolute Gasteiger partial charge is 0.390 e. The van der Waals surface area contributed by atoms with Crippen LogP contribution < -0.4 is 5.73 Å². The molecule has 0 amide bonds. The van der Waals surface area contributed by atoms with Crippen LogP contribution in [0.1, 0.15) is 0 Å². The summed E-state index contributed by atoms with van der Waals surface area (Å²) in [6.45, 7) is -0.653. The molecule has 0 fully saturated rings. The first-order chi connectivity index (χ1) is 6.11. The average molecular weight is 187 g/mol. The van der Waals surface area contributed by atoms with Crippen LogP contribution >= 0.6 is 0 Å². The van der Waals surface area contributed by atoms with Crippen molar-refractivity contribution >= 4 is 12.0 Å². The number of nitro groups is 1. The van der Waals surface area contributed by atoms with Crippen molar-refractivity contribution in [2.75, 3.05) is 13.2 Å². The summed E-state index contributed by atoms with van der Waals surface area (Å²) in [5, 5.41) is 18.6. The lowest BCUT2D eigenvalue weighted by Crippen LogP contribution is -2.13. The van der Waals surface area contributed by atoms with E-state index in [1.807, 2.05) is 0 Å². The molecule has 0 aliphatic carbocycles. The van der Waals surface area contributed by atoms with E-state index in [0.717, 1.165) is 6.08 Å². The molecule has 0 aliphatic heterocycles. The molecule has 0 spiro atoms. The average Bonchev–Trinajstić information content (AvgIpc) is 2.11. The Morgan fingerprint density at radius 1 is 1.69 bits per heavy atom. The number of hydrogen-bond donors (Lipinski definition) is 2. The third-order valence-electron chi connectivity index (χ3n) is 1.06. The Morgan fingerprint density at radius 2 is 2.31 bits per heavy atom. The molecule has 7 heteroatoms. The molecule has 13 heavy (non-hydrogen) atoms. The zero-order valence-corrected chi connectivity index (χ0v) is 6.71. The van der Waals surface area contributed by atoms with Crippen LogP contribution in [-0.2, 0) is 4.79 Å². The Bertz CT molecular complexity index is 259. The summed E-state index contributed by atoms with van der Waals surface area (Å²) in [7, 11) is 0. The molecule has 0 atom stereocenters. The van der Waals surface area contributed by atoms with Crippen LogP contribution in [0.4, 0.5) is 0 Å². The molecule has 0 bridgehead atoms. The van der Waals surface area contributed by atoms with Crippen molar-refractivity contribution in [3.05, 3.63) is 22.0 Å². The second-order valence-corrected chi connectivity index (χ2v) is 1.98. The van der Waals surface area contributed by atoms with Crippen molar-refractivity contribution < 1.29 is 14.8 Å². The maximum Gasteiger partial charge on any atom is 0.315 e. The standard InChI is InChI=1S/C6H9N3O4/c7-6(9(12)13)3-5(4-11)8-1-2-10/h2-3,11H,1,4,7H2. The van der Waals surface area contributed by atoms with Gasteiger partial charge in [0, 0.05) is 0 Å². The highest BCUT2D eigenvalue weighted by molar-refractivity contribution is 5.96. The third kappa shape index (κ3) is 4.64. The number of aliphatic hydroxyl groups excluding tert-OH is 1. The second-order valence-electron chi connectivity index (χ2n) is 1.98. The van der Waals surface area contributed by atoms with E-state index in [1.54, 1.807) is 0 Å². The predicted molar refractivity (Wildman–Crippen MR) is 44.7 cm³/mol. The van der Waals surface area contributed by atoms with Gasteiger partial charge in [0.2, 0.25) is 0 Å². The first-order valence-electron chi connectivity index (χ1n) is 3.31. The van der Waals surface area contributed by atoms with Crippen LogP contribution in [0.25, 0.3) is 0 Å². The Labute approximate surface area is 73.7 Å². The van der Waals surface area contributed by atoms with Gasteiger partial charge in [0.1, 0.15) is 6.29 Å². The first kappa shape index (κ1) is 11.2. The van der Waals surface area contributed by atoms with Crippen molar-refractivity contribution in [3.8, 4) is 0 Å². The van der Waals surface area contributed by atoms with E-state index in [2.05, 4.69) is 4.99 Å². The Kier molecular flexibility index (Phi) is 5.05. The van der Waals surface area contributed by atoms with Gasteiger partial charge in [-0.15, -0.1) is 0 Å². The van der Waals surface area contributed by atoms with Crippen molar-refractivity contribution in [1.29, 1.82) is 0 Å². The molecular formula is C6H9N3O4. The summed E-state index contributed by atoms with van der Waals surface area (Å²) in [6.07, 6.45) is 1.41. The number of hydrogen-bond acceptors (Lipinski definition) is 6. The van der Waals surface area contributed by atoms with Gasteiger partial charge < -0.3 is 20.0 Å². The quantitative estimate of drug-likeness (QED) is 0.240. The molecule has 0 saturated heterocycles. The molecule has 0 aromatic carbocycles. The lowest BCUT2D eigenvalue weighted by molar-refractivity contribution is -0.426. The van der Waals surface area contributed by atoms with Crippen molar-refractivity contribution in [3.63, 3.8) is 0 Å². The van der Waals surface area contributed by atoms with Gasteiger partial charge in [-0.25, -0.2) is 0 Å². The van der Waals surface area contributed by atoms with Crippen LogP contribution in [-0.4, -0.2) is 35.2 Å². The maximum atomic E-state index is 10.0. The zero-order valence-electron chi connectivity index (χ0n) is 6.71. The van der Waals surface area contributed by atoms with Crippen molar-refractivity contribution in [1.82, 2.24) is 0 Å². The van der Waals surface area contributed by atoms with Crippen molar-refractivity contribution in [2.24, 2.45) is 10.7 Å². The molecule has 0 heterocycles. The number of carbonyl (C=O) groups excluding carboxylic acids is 1. The Balaban J connectivity index is 4.51. The van der Waals surface area contributed by atoms with E-state index >= 15 is 0 Å². The van der Waals surface area contributed by atoms with Gasteiger partial charge in [-0.2, -0.15) is 0 Å². The fraction of sp³-hybridized carbons (Fsp3) is 0.333. The van der Waals surface area contributed by atoms with Crippen molar-refractivity contribution in [2.45, 2.75) is 0 Å². The molecule has 0 aromatic heterocycles. The number of carbonyl (C=O) groups is 1. The fourth-order valence-electron chi connectivity index (χ4n) is 0.519. The van der Waals surface area contributed by atoms with E-state index in [9.17, 15) is 14.9 Å². The lowest BCUT2D eigenvalue weighted by atomic mass is 10.3. The molecule has 0 aliphatic rings. The molecule has 7 nitrogen and oxygen atoms in total.